The first-order valence-corrected chi connectivity index (χ1v) is 5.33. The maximum Gasteiger partial charge on any atom is 0.463 e. The van der Waals surface area contributed by atoms with Crippen LogP contribution in [0.5, 0.6) is 0 Å². The van der Waals surface area contributed by atoms with Gasteiger partial charge in [-0.1, -0.05) is 18.2 Å². The Kier molecular flexibility index (Phi) is 4.78. The topological polar surface area (TPSA) is 83.0 Å². The molecule has 0 N–H and O–H groups in total. The van der Waals surface area contributed by atoms with Crippen molar-refractivity contribution in [2.24, 2.45) is 0 Å². The number of methoxy groups -OCH3 is 1. The number of anilines is 1. The zero-order valence-corrected chi connectivity index (χ0v) is 10.2. The Labute approximate surface area is 104 Å². The number of carbonyl (C=O) groups excluding carboxylic acids is 2. The van der Waals surface area contributed by atoms with Crippen molar-refractivity contribution >= 4 is 23.3 Å². The van der Waals surface area contributed by atoms with E-state index in [1.54, 1.807) is 31.2 Å². The molecule has 0 saturated heterocycles. The second-order valence-electron chi connectivity index (χ2n) is 3.33. The van der Waals surface area contributed by atoms with Crippen molar-refractivity contribution in [1.82, 2.24) is 0 Å². The second kappa shape index (κ2) is 6.32. The summed E-state index contributed by atoms with van der Waals surface area (Å²) in [7, 11) is 1.11. The molecule has 0 heterocycles. The SMILES string of the molecule is CCN(C(=O)C(=[N+]=[N-])C(=O)OC)c1ccccc1. The van der Waals surface area contributed by atoms with Crippen molar-refractivity contribution in [2.45, 2.75) is 6.92 Å². The zero-order chi connectivity index (χ0) is 13.5. The lowest BCUT2D eigenvalue weighted by atomic mass is 10.2. The summed E-state index contributed by atoms with van der Waals surface area (Å²) >= 11 is 0. The number of hydrogen-bond donors (Lipinski definition) is 0. The maximum atomic E-state index is 12.0. The Morgan fingerprint density at radius 2 is 1.94 bits per heavy atom. The van der Waals surface area contributed by atoms with Crippen LogP contribution in [0, 0.1) is 0 Å². The van der Waals surface area contributed by atoms with Crippen molar-refractivity contribution in [3.8, 4) is 0 Å². The molecule has 18 heavy (non-hydrogen) atoms. The highest BCUT2D eigenvalue weighted by Crippen LogP contribution is 2.13. The molecule has 0 aliphatic rings. The summed E-state index contributed by atoms with van der Waals surface area (Å²) < 4.78 is 4.38. The summed E-state index contributed by atoms with van der Waals surface area (Å²) in [5, 5.41) is 0. The van der Waals surface area contributed by atoms with Gasteiger partial charge in [0.2, 0.25) is 0 Å². The van der Waals surface area contributed by atoms with Crippen LogP contribution in [0.15, 0.2) is 30.3 Å². The van der Waals surface area contributed by atoms with Crippen LogP contribution in [-0.2, 0) is 14.3 Å². The van der Waals surface area contributed by atoms with Gasteiger partial charge in [-0.2, -0.15) is 4.79 Å². The molecule has 0 aromatic heterocycles. The average molecular weight is 247 g/mol. The Morgan fingerprint density at radius 3 is 2.39 bits per heavy atom. The van der Waals surface area contributed by atoms with Crippen molar-refractivity contribution in [3.63, 3.8) is 0 Å². The number of rotatable bonds is 4. The molecule has 0 unspecified atom stereocenters. The van der Waals surface area contributed by atoms with Crippen LogP contribution in [0.2, 0.25) is 0 Å². The van der Waals surface area contributed by atoms with Gasteiger partial charge >= 0.3 is 17.6 Å². The maximum absolute atomic E-state index is 12.0. The Morgan fingerprint density at radius 1 is 1.33 bits per heavy atom. The van der Waals surface area contributed by atoms with Gasteiger partial charge in [0.25, 0.3) is 0 Å². The predicted octanol–water partition coefficient (Wildman–Crippen LogP) is 0.883. The lowest BCUT2D eigenvalue weighted by Crippen LogP contribution is -2.41. The summed E-state index contributed by atoms with van der Waals surface area (Å²) in [6.45, 7) is 2.08. The third kappa shape index (κ3) is 2.81. The van der Waals surface area contributed by atoms with Gasteiger partial charge in [-0.15, -0.1) is 0 Å². The molecular formula is C12H13N3O3. The van der Waals surface area contributed by atoms with E-state index in [4.69, 9.17) is 5.53 Å². The van der Waals surface area contributed by atoms with Gasteiger partial charge in [0.1, 0.15) is 0 Å². The Balaban J connectivity index is 3.07. The van der Waals surface area contributed by atoms with Crippen LogP contribution >= 0.6 is 0 Å². The fourth-order valence-electron chi connectivity index (χ4n) is 1.45. The number of nitrogens with zero attached hydrogens (tertiary/aromatic N) is 3. The van der Waals surface area contributed by atoms with Crippen LogP contribution < -0.4 is 4.90 Å². The minimum absolute atomic E-state index is 0.332. The number of esters is 1. The van der Waals surface area contributed by atoms with E-state index in [1.165, 1.54) is 4.90 Å². The fraction of sp³-hybridized carbons (Fsp3) is 0.250. The highest BCUT2D eigenvalue weighted by atomic mass is 16.5. The number of benzene rings is 1. The monoisotopic (exact) mass is 247 g/mol. The first kappa shape index (κ1) is 13.6. The quantitative estimate of drug-likeness (QED) is 0.260. The van der Waals surface area contributed by atoms with Gasteiger partial charge < -0.3 is 15.2 Å². The lowest BCUT2D eigenvalue weighted by Gasteiger charge is -2.17. The molecule has 0 aliphatic heterocycles. The highest BCUT2D eigenvalue weighted by Gasteiger charge is 2.35. The molecule has 0 radical (unpaired) electrons. The number of para-hydroxylation sites is 1. The van der Waals surface area contributed by atoms with E-state index >= 15 is 0 Å². The Hall–Kier alpha value is -2.46. The summed E-state index contributed by atoms with van der Waals surface area (Å²) in [6.07, 6.45) is 0. The van der Waals surface area contributed by atoms with E-state index in [9.17, 15) is 9.59 Å². The highest BCUT2D eigenvalue weighted by molar-refractivity contribution is 6.64. The minimum atomic E-state index is -0.975. The first-order chi connectivity index (χ1) is 8.65. The van der Waals surface area contributed by atoms with Gasteiger partial charge in [-0.25, -0.2) is 4.79 Å². The molecule has 1 rings (SSSR count). The van der Waals surface area contributed by atoms with Gasteiger partial charge in [-0.3, -0.25) is 4.79 Å². The molecule has 0 spiro atoms. The first-order valence-electron chi connectivity index (χ1n) is 5.33. The summed E-state index contributed by atoms with van der Waals surface area (Å²) in [4.78, 5) is 27.3. The Bertz CT molecular complexity index is 493. The molecule has 1 aromatic carbocycles. The summed E-state index contributed by atoms with van der Waals surface area (Å²) in [6, 6.07) is 8.77. The number of hydrogen-bond acceptors (Lipinski definition) is 3. The number of amides is 1. The van der Waals surface area contributed by atoms with E-state index in [0.29, 0.717) is 12.2 Å². The molecule has 6 heteroatoms. The van der Waals surface area contributed by atoms with Crippen molar-refractivity contribution in [2.75, 3.05) is 18.6 Å². The fourth-order valence-corrected chi connectivity index (χ4v) is 1.45. The van der Waals surface area contributed by atoms with Crippen molar-refractivity contribution in [1.29, 1.82) is 0 Å². The van der Waals surface area contributed by atoms with Crippen LogP contribution in [0.4, 0.5) is 5.69 Å². The zero-order valence-electron chi connectivity index (χ0n) is 10.2. The standard InChI is InChI=1S/C12H13N3O3/c1-3-15(9-7-5-4-6-8-9)11(16)10(14-13)12(17)18-2/h4-8H,3H2,1-2H3. The lowest BCUT2D eigenvalue weighted by molar-refractivity contribution is -0.139. The number of ether oxygens (including phenoxy) is 1. The van der Waals surface area contributed by atoms with Gasteiger partial charge in [0, 0.05) is 12.2 Å². The molecule has 0 bridgehead atoms. The van der Waals surface area contributed by atoms with Crippen LogP contribution in [0.1, 0.15) is 6.92 Å². The average Bonchev–Trinajstić information content (AvgIpc) is 2.41. The van der Waals surface area contributed by atoms with E-state index in [-0.39, 0.29) is 0 Å². The van der Waals surface area contributed by atoms with Crippen LogP contribution in [-0.4, -0.2) is 36.0 Å². The summed E-state index contributed by atoms with van der Waals surface area (Å²) in [5.74, 6) is -1.69. The third-order valence-electron chi connectivity index (χ3n) is 2.31. The molecule has 1 amide bonds. The molecular weight excluding hydrogens is 234 g/mol. The van der Waals surface area contributed by atoms with Gasteiger partial charge in [-0.05, 0) is 19.1 Å². The molecule has 6 nitrogen and oxygen atoms in total. The largest absolute Gasteiger partial charge is 0.463 e. The van der Waals surface area contributed by atoms with Crippen LogP contribution in [0.25, 0.3) is 5.53 Å². The normalized spacial score (nSPS) is 9.22. The number of carbonyl (C=O) groups is 2. The van der Waals surface area contributed by atoms with E-state index < -0.39 is 17.6 Å². The molecule has 0 fully saturated rings. The van der Waals surface area contributed by atoms with Crippen molar-refractivity contribution in [3.05, 3.63) is 35.9 Å². The predicted molar refractivity (Wildman–Crippen MR) is 65.1 cm³/mol. The van der Waals surface area contributed by atoms with Crippen LogP contribution in [0.3, 0.4) is 0 Å². The van der Waals surface area contributed by atoms with Gasteiger partial charge in [0.15, 0.2) is 0 Å². The molecule has 0 saturated carbocycles. The summed E-state index contributed by atoms with van der Waals surface area (Å²) in [5.41, 5.74) is 8.69. The smallest absolute Gasteiger partial charge is 0.460 e. The van der Waals surface area contributed by atoms with Gasteiger partial charge in [0.05, 0.1) is 7.11 Å². The molecule has 94 valence electrons. The van der Waals surface area contributed by atoms with E-state index in [1.807, 2.05) is 6.07 Å². The van der Waals surface area contributed by atoms with Crippen molar-refractivity contribution < 1.29 is 19.1 Å². The third-order valence-corrected chi connectivity index (χ3v) is 2.31. The second-order valence-corrected chi connectivity index (χ2v) is 3.33. The molecule has 1 aromatic rings. The minimum Gasteiger partial charge on any atom is -0.460 e. The molecule has 0 aliphatic carbocycles. The van der Waals surface area contributed by atoms with E-state index in [0.717, 1.165) is 7.11 Å². The van der Waals surface area contributed by atoms with E-state index in [2.05, 4.69) is 9.53 Å². The molecule has 0 atom stereocenters.